The lowest BCUT2D eigenvalue weighted by atomic mass is 9.80. The minimum Gasteiger partial charge on any atom is -0.380 e. The minimum atomic E-state index is 0.522. The van der Waals surface area contributed by atoms with Crippen molar-refractivity contribution in [1.29, 1.82) is 0 Å². The van der Waals surface area contributed by atoms with Crippen LogP contribution in [0.15, 0.2) is 0 Å². The zero-order valence-electron chi connectivity index (χ0n) is 6.61. The van der Waals surface area contributed by atoms with Gasteiger partial charge in [-0.2, -0.15) is 0 Å². The average molecular weight is 128 g/mol. The smallest absolute Gasteiger partial charge is 0.0542 e. The summed E-state index contributed by atoms with van der Waals surface area (Å²) in [6.07, 6.45) is 1.31. The van der Waals surface area contributed by atoms with Crippen LogP contribution < -0.4 is 0 Å². The zero-order chi connectivity index (χ0) is 6.91. The lowest BCUT2D eigenvalue weighted by Gasteiger charge is -2.39. The molecule has 0 bridgehead atoms. The molecule has 0 N–H and O–H groups in total. The van der Waals surface area contributed by atoms with Gasteiger partial charge in [-0.1, -0.05) is 20.8 Å². The van der Waals surface area contributed by atoms with Gasteiger partial charge in [-0.25, -0.2) is 0 Å². The van der Waals surface area contributed by atoms with E-state index in [9.17, 15) is 0 Å². The van der Waals surface area contributed by atoms with Gasteiger partial charge in [0.1, 0.15) is 0 Å². The van der Waals surface area contributed by atoms with Gasteiger partial charge in [0.05, 0.1) is 13.2 Å². The Balaban J connectivity index is 2.24. The molecule has 0 unspecified atom stereocenters. The van der Waals surface area contributed by atoms with Crippen LogP contribution in [0.1, 0.15) is 27.2 Å². The number of hydrogen-bond donors (Lipinski definition) is 0. The molecule has 1 saturated heterocycles. The van der Waals surface area contributed by atoms with Crippen LogP contribution in [0.5, 0.6) is 0 Å². The minimum absolute atomic E-state index is 0.522. The summed E-state index contributed by atoms with van der Waals surface area (Å²) in [6, 6.07) is 0. The number of rotatable bonds is 2. The van der Waals surface area contributed by atoms with Crippen molar-refractivity contribution in [2.45, 2.75) is 27.2 Å². The van der Waals surface area contributed by atoms with Gasteiger partial charge in [-0.05, 0) is 12.3 Å². The molecule has 1 nitrogen and oxygen atoms in total. The summed E-state index contributed by atoms with van der Waals surface area (Å²) in [4.78, 5) is 0. The summed E-state index contributed by atoms with van der Waals surface area (Å²) in [5.74, 6) is 0.818. The van der Waals surface area contributed by atoms with Gasteiger partial charge >= 0.3 is 0 Å². The Morgan fingerprint density at radius 3 is 2.11 bits per heavy atom. The van der Waals surface area contributed by atoms with Crippen LogP contribution in [0.2, 0.25) is 0 Å². The fourth-order valence-electron chi connectivity index (χ4n) is 1.55. The maximum Gasteiger partial charge on any atom is 0.0542 e. The van der Waals surface area contributed by atoms with E-state index in [0.717, 1.165) is 19.1 Å². The van der Waals surface area contributed by atoms with Crippen molar-refractivity contribution < 1.29 is 4.74 Å². The summed E-state index contributed by atoms with van der Waals surface area (Å²) < 4.78 is 5.14. The highest BCUT2D eigenvalue weighted by molar-refractivity contribution is 4.81. The lowest BCUT2D eigenvalue weighted by molar-refractivity contribution is -0.111. The quantitative estimate of drug-likeness (QED) is 0.553. The van der Waals surface area contributed by atoms with Crippen LogP contribution in [0, 0.1) is 11.3 Å². The number of ether oxygens (including phenoxy) is 1. The third-order valence-electron chi connectivity index (χ3n) is 1.80. The molecule has 1 fully saturated rings. The number of hydrogen-bond acceptors (Lipinski definition) is 1. The van der Waals surface area contributed by atoms with Crippen LogP contribution in [-0.4, -0.2) is 13.2 Å². The molecule has 1 heteroatoms. The molecule has 0 atom stereocenters. The summed E-state index contributed by atoms with van der Waals surface area (Å²) >= 11 is 0. The van der Waals surface area contributed by atoms with Crippen LogP contribution in [0.25, 0.3) is 0 Å². The van der Waals surface area contributed by atoms with Gasteiger partial charge < -0.3 is 4.74 Å². The first-order valence-electron chi connectivity index (χ1n) is 3.70. The first-order chi connectivity index (χ1) is 4.12. The molecule has 0 radical (unpaired) electrons. The molecule has 54 valence electrons. The van der Waals surface area contributed by atoms with E-state index in [1.165, 1.54) is 6.42 Å². The predicted octanol–water partition coefficient (Wildman–Crippen LogP) is 2.07. The van der Waals surface area contributed by atoms with E-state index < -0.39 is 0 Å². The van der Waals surface area contributed by atoms with Crippen molar-refractivity contribution >= 4 is 0 Å². The summed E-state index contributed by atoms with van der Waals surface area (Å²) in [7, 11) is 0. The topological polar surface area (TPSA) is 9.23 Å². The molecule has 9 heavy (non-hydrogen) atoms. The van der Waals surface area contributed by atoms with Crippen molar-refractivity contribution in [2.75, 3.05) is 13.2 Å². The highest BCUT2D eigenvalue weighted by atomic mass is 16.5. The Bertz CT molecular complexity index is 92.7. The standard InChI is InChI=1S/C8H16O/c1-7(2)4-8(3)5-9-6-8/h7H,4-6H2,1-3H3. The normalized spacial score (nSPS) is 24.0. The van der Waals surface area contributed by atoms with E-state index in [-0.39, 0.29) is 0 Å². The monoisotopic (exact) mass is 128 g/mol. The van der Waals surface area contributed by atoms with Crippen LogP contribution in [0.3, 0.4) is 0 Å². The van der Waals surface area contributed by atoms with E-state index in [0.29, 0.717) is 5.41 Å². The fourth-order valence-corrected chi connectivity index (χ4v) is 1.55. The highest BCUT2D eigenvalue weighted by Gasteiger charge is 2.33. The van der Waals surface area contributed by atoms with E-state index in [1.807, 2.05) is 0 Å². The van der Waals surface area contributed by atoms with Crippen molar-refractivity contribution in [3.8, 4) is 0 Å². The molecular formula is C8H16O. The van der Waals surface area contributed by atoms with E-state index in [1.54, 1.807) is 0 Å². The van der Waals surface area contributed by atoms with Crippen LogP contribution in [-0.2, 0) is 4.74 Å². The van der Waals surface area contributed by atoms with E-state index in [4.69, 9.17) is 4.74 Å². The second kappa shape index (κ2) is 2.30. The second-order valence-corrected chi connectivity index (χ2v) is 3.90. The first-order valence-corrected chi connectivity index (χ1v) is 3.70. The molecule has 1 aliphatic rings. The molecule has 0 aromatic rings. The van der Waals surface area contributed by atoms with Gasteiger partial charge in [-0.15, -0.1) is 0 Å². The van der Waals surface area contributed by atoms with Crippen molar-refractivity contribution in [3.63, 3.8) is 0 Å². The maximum absolute atomic E-state index is 5.14. The summed E-state index contributed by atoms with van der Waals surface area (Å²) in [6.45, 7) is 8.79. The zero-order valence-corrected chi connectivity index (χ0v) is 6.61. The largest absolute Gasteiger partial charge is 0.380 e. The first kappa shape index (κ1) is 7.07. The molecule has 0 spiro atoms. The Labute approximate surface area is 57.4 Å². The molecule has 0 aliphatic carbocycles. The van der Waals surface area contributed by atoms with Crippen LogP contribution >= 0.6 is 0 Å². The van der Waals surface area contributed by atoms with Crippen molar-refractivity contribution in [2.24, 2.45) is 11.3 Å². The van der Waals surface area contributed by atoms with Gasteiger partial charge in [0.15, 0.2) is 0 Å². The molecule has 0 aromatic heterocycles. The second-order valence-electron chi connectivity index (χ2n) is 3.90. The molecule has 0 aromatic carbocycles. The van der Waals surface area contributed by atoms with Gasteiger partial charge in [-0.3, -0.25) is 0 Å². The van der Waals surface area contributed by atoms with Crippen LogP contribution in [0.4, 0.5) is 0 Å². The van der Waals surface area contributed by atoms with Gasteiger partial charge in [0.2, 0.25) is 0 Å². The molecule has 0 amide bonds. The summed E-state index contributed by atoms with van der Waals surface area (Å²) in [5.41, 5.74) is 0.522. The third-order valence-corrected chi connectivity index (χ3v) is 1.80. The Hall–Kier alpha value is -0.0400. The molecule has 1 heterocycles. The molecular weight excluding hydrogens is 112 g/mol. The molecule has 1 rings (SSSR count). The van der Waals surface area contributed by atoms with E-state index >= 15 is 0 Å². The molecule has 0 saturated carbocycles. The average Bonchev–Trinajstić information content (AvgIpc) is 1.60. The Kier molecular flexibility index (Phi) is 1.80. The SMILES string of the molecule is CC(C)CC1(C)COC1. The highest BCUT2D eigenvalue weighted by Crippen LogP contribution is 2.33. The fraction of sp³-hybridized carbons (Fsp3) is 1.00. The third kappa shape index (κ3) is 1.68. The van der Waals surface area contributed by atoms with Gasteiger partial charge in [0, 0.05) is 5.41 Å². The Morgan fingerprint density at radius 2 is 2.00 bits per heavy atom. The van der Waals surface area contributed by atoms with Crippen molar-refractivity contribution in [1.82, 2.24) is 0 Å². The maximum atomic E-state index is 5.14. The van der Waals surface area contributed by atoms with E-state index in [2.05, 4.69) is 20.8 Å². The van der Waals surface area contributed by atoms with Crippen molar-refractivity contribution in [3.05, 3.63) is 0 Å². The Morgan fingerprint density at radius 1 is 1.44 bits per heavy atom. The molecule has 1 aliphatic heterocycles. The summed E-state index contributed by atoms with van der Waals surface area (Å²) in [5, 5.41) is 0. The predicted molar refractivity (Wildman–Crippen MR) is 38.4 cm³/mol. The lowest BCUT2D eigenvalue weighted by Crippen LogP contribution is -2.40. The van der Waals surface area contributed by atoms with Gasteiger partial charge in [0.25, 0.3) is 0 Å².